The van der Waals surface area contributed by atoms with Crippen molar-refractivity contribution in [3.63, 3.8) is 0 Å². The average Bonchev–Trinajstić information content (AvgIpc) is 3.32. The lowest BCUT2D eigenvalue weighted by Crippen LogP contribution is -2.20. The first-order valence-electron chi connectivity index (χ1n) is 8.97. The first-order chi connectivity index (χ1) is 14.8. The van der Waals surface area contributed by atoms with Gasteiger partial charge in [0.15, 0.2) is 5.11 Å². The zero-order valence-corrected chi connectivity index (χ0v) is 19.3. The molecule has 162 valence electrons. The molecule has 0 radical (unpaired) electrons. The number of thiocarbonyl (C=S) groups is 1. The Hall–Kier alpha value is -2.95. The monoisotopic (exact) mass is 478 g/mol. The second-order valence-corrected chi connectivity index (χ2v) is 8.24. The number of carbonyl (C=O) groups is 2. The zero-order chi connectivity index (χ0) is 22.5. The predicted molar refractivity (Wildman–Crippen MR) is 124 cm³/mol. The molecule has 0 amide bonds. The van der Waals surface area contributed by atoms with Gasteiger partial charge in [0.25, 0.3) is 0 Å². The molecule has 0 saturated heterocycles. The molecule has 0 bridgehead atoms. The Labute approximate surface area is 193 Å². The Bertz CT molecular complexity index is 1120. The number of ether oxygens (including phenoxy) is 2. The Kier molecular flexibility index (Phi) is 7.26. The van der Waals surface area contributed by atoms with E-state index < -0.39 is 11.9 Å². The van der Waals surface area contributed by atoms with Gasteiger partial charge >= 0.3 is 11.9 Å². The molecule has 0 atom stereocenters. The van der Waals surface area contributed by atoms with Crippen LogP contribution in [0.5, 0.6) is 0 Å². The fourth-order valence-corrected chi connectivity index (χ4v) is 4.32. The van der Waals surface area contributed by atoms with Crippen molar-refractivity contribution in [2.75, 3.05) is 24.9 Å². The van der Waals surface area contributed by atoms with Gasteiger partial charge in [-0.2, -0.15) is 5.10 Å². The van der Waals surface area contributed by atoms with Crippen molar-refractivity contribution in [3.8, 4) is 0 Å². The van der Waals surface area contributed by atoms with Crippen LogP contribution in [0, 0.1) is 6.92 Å². The topological polar surface area (TPSA) is 94.5 Å². The normalized spacial score (nSPS) is 10.5. The van der Waals surface area contributed by atoms with Crippen LogP contribution < -0.4 is 10.6 Å². The van der Waals surface area contributed by atoms with Crippen molar-refractivity contribution < 1.29 is 19.1 Å². The van der Waals surface area contributed by atoms with Crippen LogP contribution in [-0.2, 0) is 16.0 Å². The molecule has 0 saturated carbocycles. The molecule has 0 aliphatic carbocycles. The highest BCUT2D eigenvalue weighted by molar-refractivity contribution is 7.80. The first kappa shape index (κ1) is 22.7. The van der Waals surface area contributed by atoms with Crippen LogP contribution in [0.25, 0.3) is 0 Å². The maximum Gasteiger partial charge on any atom is 0.348 e. The highest BCUT2D eigenvalue weighted by Gasteiger charge is 2.26. The SMILES string of the molecule is COC(=O)c1sc(NC(=S)Nc2cnn(Cc3ccc(Cl)cc3)c2)c(C(=O)OC)c1C. The number of carbonyl (C=O) groups excluding carboxylic acids is 2. The molecule has 31 heavy (non-hydrogen) atoms. The Morgan fingerprint density at radius 2 is 1.84 bits per heavy atom. The summed E-state index contributed by atoms with van der Waals surface area (Å²) in [5, 5.41) is 11.6. The van der Waals surface area contributed by atoms with Crippen LogP contribution >= 0.6 is 35.2 Å². The fraction of sp³-hybridized carbons (Fsp3) is 0.200. The smallest absolute Gasteiger partial charge is 0.348 e. The van der Waals surface area contributed by atoms with Gasteiger partial charge in [-0.3, -0.25) is 4.68 Å². The van der Waals surface area contributed by atoms with Gasteiger partial charge in [-0.15, -0.1) is 11.3 Å². The van der Waals surface area contributed by atoms with E-state index in [1.165, 1.54) is 14.2 Å². The minimum atomic E-state index is -0.579. The zero-order valence-electron chi connectivity index (χ0n) is 16.9. The van der Waals surface area contributed by atoms with Crippen molar-refractivity contribution in [2.45, 2.75) is 13.5 Å². The number of esters is 2. The summed E-state index contributed by atoms with van der Waals surface area (Å²) >= 11 is 12.3. The van der Waals surface area contributed by atoms with Gasteiger partial charge in [-0.25, -0.2) is 9.59 Å². The summed E-state index contributed by atoms with van der Waals surface area (Å²) in [5.41, 5.74) is 2.40. The molecule has 0 aliphatic rings. The van der Waals surface area contributed by atoms with Gasteiger partial charge in [-0.05, 0) is 42.4 Å². The van der Waals surface area contributed by atoms with Crippen molar-refractivity contribution in [1.29, 1.82) is 0 Å². The summed E-state index contributed by atoms with van der Waals surface area (Å²) < 4.78 is 11.4. The van der Waals surface area contributed by atoms with E-state index >= 15 is 0 Å². The van der Waals surface area contributed by atoms with Crippen LogP contribution in [0.2, 0.25) is 5.02 Å². The third-order valence-electron chi connectivity index (χ3n) is 4.28. The molecule has 0 aliphatic heterocycles. The van der Waals surface area contributed by atoms with E-state index in [9.17, 15) is 9.59 Å². The van der Waals surface area contributed by atoms with Gasteiger partial charge in [0, 0.05) is 11.2 Å². The first-order valence-corrected chi connectivity index (χ1v) is 10.6. The molecule has 0 unspecified atom stereocenters. The lowest BCUT2D eigenvalue weighted by atomic mass is 10.1. The molecule has 2 heterocycles. The fourth-order valence-electron chi connectivity index (χ4n) is 2.79. The summed E-state index contributed by atoms with van der Waals surface area (Å²) in [6.07, 6.45) is 3.42. The van der Waals surface area contributed by atoms with Crippen LogP contribution in [0.1, 0.15) is 31.2 Å². The number of nitrogens with zero attached hydrogens (tertiary/aromatic N) is 2. The van der Waals surface area contributed by atoms with E-state index in [1.807, 2.05) is 24.3 Å². The number of aromatic nitrogens is 2. The quantitative estimate of drug-likeness (QED) is 0.399. The molecule has 2 aromatic heterocycles. The molecule has 8 nitrogen and oxygen atoms in total. The van der Waals surface area contributed by atoms with Crippen LogP contribution in [-0.4, -0.2) is 41.1 Å². The van der Waals surface area contributed by atoms with E-state index in [0.29, 0.717) is 32.7 Å². The number of halogens is 1. The molecule has 3 rings (SSSR count). The van der Waals surface area contributed by atoms with Crippen LogP contribution in [0.3, 0.4) is 0 Å². The molecular formula is C20H19ClN4O4S2. The third-order valence-corrected chi connectivity index (χ3v) is 5.93. The highest BCUT2D eigenvalue weighted by atomic mass is 35.5. The van der Waals surface area contributed by atoms with Crippen molar-refractivity contribution in [2.24, 2.45) is 0 Å². The van der Waals surface area contributed by atoms with Gasteiger partial charge in [0.1, 0.15) is 9.88 Å². The van der Waals surface area contributed by atoms with Crippen molar-refractivity contribution in [3.05, 3.63) is 63.2 Å². The third kappa shape index (κ3) is 5.40. The van der Waals surface area contributed by atoms with Crippen molar-refractivity contribution in [1.82, 2.24) is 9.78 Å². The number of benzene rings is 1. The van der Waals surface area contributed by atoms with E-state index in [2.05, 4.69) is 15.7 Å². The summed E-state index contributed by atoms with van der Waals surface area (Å²) in [7, 11) is 2.55. The lowest BCUT2D eigenvalue weighted by Gasteiger charge is -2.09. The number of hydrogen-bond donors (Lipinski definition) is 2. The number of methoxy groups -OCH3 is 2. The highest BCUT2D eigenvalue weighted by Crippen LogP contribution is 2.34. The molecule has 0 spiro atoms. The summed E-state index contributed by atoms with van der Waals surface area (Å²) in [4.78, 5) is 24.5. The molecular weight excluding hydrogens is 460 g/mol. The molecule has 11 heteroatoms. The second-order valence-electron chi connectivity index (χ2n) is 6.38. The van der Waals surface area contributed by atoms with E-state index in [-0.39, 0.29) is 10.7 Å². The number of hydrogen-bond acceptors (Lipinski definition) is 7. The number of thiophene rings is 1. The van der Waals surface area contributed by atoms with E-state index in [0.717, 1.165) is 16.9 Å². The number of anilines is 2. The van der Waals surface area contributed by atoms with Crippen LogP contribution in [0.4, 0.5) is 10.7 Å². The van der Waals surface area contributed by atoms with Gasteiger partial charge in [0.2, 0.25) is 0 Å². The molecule has 3 aromatic rings. The summed E-state index contributed by atoms with van der Waals surface area (Å²) in [6, 6.07) is 7.50. The van der Waals surface area contributed by atoms with Gasteiger partial charge in [-0.1, -0.05) is 23.7 Å². The Morgan fingerprint density at radius 3 is 2.48 bits per heavy atom. The standard InChI is InChI=1S/C20H19ClN4O4S2/c1-11-15(18(26)28-2)17(31-16(11)19(27)29-3)24-20(30)23-14-8-22-25(10-14)9-12-4-6-13(21)7-5-12/h4-8,10H,9H2,1-3H3,(H2,23,24,30). The molecule has 1 aromatic carbocycles. The minimum Gasteiger partial charge on any atom is -0.465 e. The number of rotatable bonds is 6. The largest absolute Gasteiger partial charge is 0.465 e. The average molecular weight is 479 g/mol. The second kappa shape index (κ2) is 9.90. The van der Waals surface area contributed by atoms with E-state index in [4.69, 9.17) is 33.3 Å². The lowest BCUT2D eigenvalue weighted by molar-refractivity contribution is 0.0601. The van der Waals surface area contributed by atoms with Crippen LogP contribution in [0.15, 0.2) is 36.7 Å². The van der Waals surface area contributed by atoms with Gasteiger partial charge in [0.05, 0.1) is 38.2 Å². The summed E-state index contributed by atoms with van der Waals surface area (Å²) in [6.45, 7) is 2.22. The number of nitrogens with one attached hydrogen (secondary N) is 2. The molecule has 0 fully saturated rings. The Balaban J connectivity index is 1.72. The maximum absolute atomic E-state index is 12.2. The Morgan fingerprint density at radius 1 is 1.16 bits per heavy atom. The molecule has 2 N–H and O–H groups in total. The van der Waals surface area contributed by atoms with Gasteiger partial charge < -0.3 is 20.1 Å². The summed E-state index contributed by atoms with van der Waals surface area (Å²) in [5.74, 6) is -1.12. The minimum absolute atomic E-state index is 0.230. The maximum atomic E-state index is 12.2. The predicted octanol–water partition coefficient (Wildman–Crippen LogP) is 4.34. The van der Waals surface area contributed by atoms with Crippen molar-refractivity contribution >= 4 is 62.9 Å². The van der Waals surface area contributed by atoms with E-state index in [1.54, 1.807) is 24.0 Å².